The van der Waals surface area contributed by atoms with Gasteiger partial charge in [-0.05, 0) is 57.8 Å². The number of rotatable bonds is 63. The molecule has 0 bridgehead atoms. The van der Waals surface area contributed by atoms with Crippen LogP contribution in [0.25, 0.3) is 0 Å². The van der Waals surface area contributed by atoms with Crippen LogP contribution in [0.2, 0.25) is 0 Å². The topological polar surface area (TPSA) is 89.8 Å². The van der Waals surface area contributed by atoms with E-state index in [1.807, 2.05) is 6.08 Å². The molecule has 0 aromatic rings. The van der Waals surface area contributed by atoms with Crippen molar-refractivity contribution in [1.29, 1.82) is 0 Å². The minimum atomic E-state index is -1.11. The minimum Gasteiger partial charge on any atom is -0.394 e. The van der Waals surface area contributed by atoms with E-state index in [-0.39, 0.29) is 6.61 Å². The van der Waals surface area contributed by atoms with Gasteiger partial charge in [-0.15, -0.1) is 0 Å². The van der Waals surface area contributed by atoms with E-state index >= 15 is 0 Å². The van der Waals surface area contributed by atoms with Crippen LogP contribution in [0, 0.1) is 0 Å². The van der Waals surface area contributed by atoms with Crippen molar-refractivity contribution in [1.82, 2.24) is 5.32 Å². The third-order valence-electron chi connectivity index (χ3n) is 16.0. The molecule has 0 spiro atoms. The molecule has 0 aromatic heterocycles. The Bertz CT molecular complexity index is 1150. The highest BCUT2D eigenvalue weighted by Gasteiger charge is 2.22. The molecule has 438 valence electrons. The summed E-state index contributed by atoms with van der Waals surface area (Å²) in [7, 11) is 0. The second kappa shape index (κ2) is 64.1. The number of aliphatic hydroxyl groups excluding tert-OH is 3. The van der Waals surface area contributed by atoms with Gasteiger partial charge in [-0.25, -0.2) is 0 Å². The molecule has 3 unspecified atom stereocenters. The van der Waals surface area contributed by atoms with E-state index in [2.05, 4.69) is 43.5 Å². The van der Waals surface area contributed by atoms with Crippen LogP contribution in [0.5, 0.6) is 0 Å². The summed E-state index contributed by atoms with van der Waals surface area (Å²) in [5.74, 6) is -0.506. The predicted molar refractivity (Wildman–Crippen MR) is 328 cm³/mol. The first-order chi connectivity index (χ1) is 36.6. The van der Waals surface area contributed by atoms with E-state index in [9.17, 15) is 20.1 Å². The molecule has 0 aliphatic rings. The molecule has 0 aromatic carbocycles. The number of carbonyl (C=O) groups is 1. The Balaban J connectivity index is 3.51. The van der Waals surface area contributed by atoms with Crippen molar-refractivity contribution in [3.63, 3.8) is 0 Å². The summed E-state index contributed by atoms with van der Waals surface area (Å²) in [5, 5.41) is 33.5. The Labute approximate surface area is 464 Å². The van der Waals surface area contributed by atoms with Crippen molar-refractivity contribution in [2.45, 2.75) is 392 Å². The molecule has 0 radical (unpaired) electrons. The van der Waals surface area contributed by atoms with E-state index in [0.717, 1.165) is 38.5 Å². The molecule has 5 nitrogen and oxygen atoms in total. The second-order valence-corrected chi connectivity index (χ2v) is 23.4. The fourth-order valence-corrected chi connectivity index (χ4v) is 10.7. The van der Waals surface area contributed by atoms with Gasteiger partial charge in [-0.3, -0.25) is 4.79 Å². The predicted octanol–water partition coefficient (Wildman–Crippen LogP) is 21.7. The van der Waals surface area contributed by atoms with Crippen molar-refractivity contribution in [3.05, 3.63) is 36.5 Å². The van der Waals surface area contributed by atoms with Crippen LogP contribution in [0.3, 0.4) is 0 Å². The zero-order valence-corrected chi connectivity index (χ0v) is 50.3. The fourth-order valence-electron chi connectivity index (χ4n) is 10.7. The lowest BCUT2D eigenvalue weighted by Crippen LogP contribution is -2.48. The lowest BCUT2D eigenvalue weighted by molar-refractivity contribution is -0.131. The fraction of sp³-hybridized carbons (Fsp3) is 0.899. The van der Waals surface area contributed by atoms with Crippen LogP contribution < -0.4 is 5.32 Å². The molecule has 0 heterocycles. The average molecular weight is 1040 g/mol. The first-order valence-corrected chi connectivity index (χ1v) is 33.8. The third-order valence-corrected chi connectivity index (χ3v) is 16.0. The van der Waals surface area contributed by atoms with Gasteiger partial charge in [0.1, 0.15) is 6.10 Å². The highest BCUT2D eigenvalue weighted by Crippen LogP contribution is 2.19. The number of hydrogen-bond acceptors (Lipinski definition) is 4. The van der Waals surface area contributed by atoms with Gasteiger partial charge in [0.25, 0.3) is 0 Å². The molecular formula is C69H133NO4. The normalized spacial score (nSPS) is 13.3. The lowest BCUT2D eigenvalue weighted by atomic mass is 10.0. The highest BCUT2D eigenvalue weighted by atomic mass is 16.3. The summed E-state index contributed by atoms with van der Waals surface area (Å²) >= 11 is 0. The molecule has 5 heteroatoms. The average Bonchev–Trinajstić information content (AvgIpc) is 3.41. The Hall–Kier alpha value is -1.43. The zero-order valence-electron chi connectivity index (χ0n) is 50.3. The van der Waals surface area contributed by atoms with Gasteiger partial charge in [0.05, 0.1) is 18.8 Å². The van der Waals surface area contributed by atoms with Gasteiger partial charge in [-0.1, -0.05) is 352 Å². The van der Waals surface area contributed by atoms with Gasteiger partial charge in [0.2, 0.25) is 5.91 Å². The van der Waals surface area contributed by atoms with E-state index in [1.165, 1.54) is 315 Å². The highest BCUT2D eigenvalue weighted by molar-refractivity contribution is 5.80. The molecule has 3 atom stereocenters. The summed E-state index contributed by atoms with van der Waals surface area (Å²) in [6.07, 6.45) is 85.7. The Kier molecular flexibility index (Phi) is 62.9. The monoisotopic (exact) mass is 1040 g/mol. The van der Waals surface area contributed by atoms with Crippen LogP contribution in [0.1, 0.15) is 373 Å². The standard InChI is InChI=1S/C69H133NO4/c1-3-5-7-9-11-13-15-17-19-21-23-25-27-29-30-31-32-33-34-35-36-37-38-39-40-42-44-46-48-50-52-54-56-58-60-62-64-68(73)69(74)70-66(65-71)67(72)63-61-59-57-55-53-51-49-47-45-43-41-28-26-24-22-20-18-16-14-12-10-8-6-4-2/h33-34,53,55,61,63,66-68,71-73H,3-32,35-52,54,56-60,62,64-65H2,1-2H3,(H,70,74)/b34-33-,55-53+,63-61+. The molecule has 0 aliphatic carbocycles. The van der Waals surface area contributed by atoms with Crippen LogP contribution in [-0.2, 0) is 4.79 Å². The van der Waals surface area contributed by atoms with Crippen LogP contribution in [0.4, 0.5) is 0 Å². The maximum Gasteiger partial charge on any atom is 0.249 e. The maximum atomic E-state index is 12.6. The van der Waals surface area contributed by atoms with E-state index < -0.39 is 24.2 Å². The Morgan fingerprint density at radius 1 is 0.324 bits per heavy atom. The zero-order chi connectivity index (χ0) is 53.6. The summed E-state index contributed by atoms with van der Waals surface area (Å²) in [4.78, 5) is 12.6. The Morgan fingerprint density at radius 2 is 0.554 bits per heavy atom. The van der Waals surface area contributed by atoms with Gasteiger partial charge >= 0.3 is 0 Å². The number of hydrogen-bond donors (Lipinski definition) is 4. The maximum absolute atomic E-state index is 12.6. The van der Waals surface area contributed by atoms with Crippen LogP contribution in [0.15, 0.2) is 36.5 Å². The molecule has 0 saturated heterocycles. The van der Waals surface area contributed by atoms with Gasteiger partial charge in [-0.2, -0.15) is 0 Å². The molecule has 4 N–H and O–H groups in total. The SMILES string of the molecule is CCCCCCCCCCCCCCCCCC/C=C\CCCCCCCCCCCCCCCCCCC(O)C(=O)NC(CO)C(O)/C=C/CC/C=C/CCCCCCCCCCCCCCCCCCCC. The number of unbranched alkanes of at least 4 members (excludes halogenated alkanes) is 51. The molecule has 1 amide bonds. The number of carbonyl (C=O) groups excluding carboxylic acids is 1. The van der Waals surface area contributed by atoms with Gasteiger partial charge in [0, 0.05) is 0 Å². The number of nitrogens with one attached hydrogen (secondary N) is 1. The quantitative estimate of drug-likeness (QED) is 0.0361. The summed E-state index contributed by atoms with van der Waals surface area (Å²) in [6, 6.07) is -0.815. The first kappa shape index (κ1) is 72.6. The smallest absolute Gasteiger partial charge is 0.249 e. The summed E-state index contributed by atoms with van der Waals surface area (Å²) in [5.41, 5.74) is 0. The first-order valence-electron chi connectivity index (χ1n) is 33.8. The van der Waals surface area contributed by atoms with Gasteiger partial charge < -0.3 is 20.6 Å². The largest absolute Gasteiger partial charge is 0.394 e. The molecule has 74 heavy (non-hydrogen) atoms. The van der Waals surface area contributed by atoms with Gasteiger partial charge in [0.15, 0.2) is 0 Å². The lowest BCUT2D eigenvalue weighted by Gasteiger charge is -2.21. The third kappa shape index (κ3) is 58.3. The van der Waals surface area contributed by atoms with Crippen molar-refractivity contribution in [2.24, 2.45) is 0 Å². The van der Waals surface area contributed by atoms with Crippen molar-refractivity contribution in [2.75, 3.05) is 6.61 Å². The van der Waals surface area contributed by atoms with Crippen molar-refractivity contribution in [3.8, 4) is 0 Å². The molecule has 0 saturated carbocycles. The van der Waals surface area contributed by atoms with Crippen LogP contribution in [-0.4, -0.2) is 46.1 Å². The number of amides is 1. The van der Waals surface area contributed by atoms with Crippen molar-refractivity contribution >= 4 is 5.91 Å². The minimum absolute atomic E-state index is 0.374. The molecular weight excluding hydrogens is 907 g/mol. The van der Waals surface area contributed by atoms with E-state index in [1.54, 1.807) is 6.08 Å². The van der Waals surface area contributed by atoms with E-state index in [0.29, 0.717) is 6.42 Å². The summed E-state index contributed by atoms with van der Waals surface area (Å²) < 4.78 is 0. The molecule has 0 rings (SSSR count). The van der Waals surface area contributed by atoms with Crippen molar-refractivity contribution < 1.29 is 20.1 Å². The molecule has 0 fully saturated rings. The summed E-state index contributed by atoms with van der Waals surface area (Å²) in [6.45, 7) is 4.22. The van der Waals surface area contributed by atoms with Crippen LogP contribution >= 0.6 is 0 Å². The number of allylic oxidation sites excluding steroid dienone is 5. The van der Waals surface area contributed by atoms with E-state index in [4.69, 9.17) is 0 Å². The number of aliphatic hydroxyl groups is 3. The molecule has 0 aliphatic heterocycles. The second-order valence-electron chi connectivity index (χ2n) is 23.4. The Morgan fingerprint density at radius 3 is 0.824 bits per heavy atom.